The van der Waals surface area contributed by atoms with Crippen LogP contribution in [-0.4, -0.2) is 35.4 Å². The van der Waals surface area contributed by atoms with Crippen LogP contribution in [0.25, 0.3) is 11.0 Å². The maximum Gasteiger partial charge on any atom is 0.433 e. The number of rotatable bonds is 6. The summed E-state index contributed by atoms with van der Waals surface area (Å²) in [4.78, 5) is 31.5. The molecule has 0 unspecified atom stereocenters. The van der Waals surface area contributed by atoms with Gasteiger partial charge in [-0.3, -0.25) is 18.8 Å². The zero-order valence-electron chi connectivity index (χ0n) is 16.4. The molecule has 0 aromatic carbocycles. The Labute approximate surface area is 168 Å². The van der Waals surface area contributed by atoms with E-state index in [1.807, 2.05) is 0 Å². The van der Waals surface area contributed by atoms with Crippen molar-refractivity contribution in [3.8, 4) is 0 Å². The lowest BCUT2D eigenvalue weighted by Crippen LogP contribution is -2.31. The minimum Gasteiger partial charge on any atom is -0.481 e. The second-order valence-electron chi connectivity index (χ2n) is 7.64. The van der Waals surface area contributed by atoms with Gasteiger partial charge in [0.1, 0.15) is 11.2 Å². The molecule has 2 N–H and O–H groups in total. The minimum absolute atomic E-state index is 0.128. The molecule has 0 aliphatic heterocycles. The van der Waals surface area contributed by atoms with Crippen molar-refractivity contribution in [1.82, 2.24) is 24.3 Å². The van der Waals surface area contributed by atoms with E-state index in [1.54, 1.807) is 13.8 Å². The summed E-state index contributed by atoms with van der Waals surface area (Å²) in [7, 11) is 1.54. The van der Waals surface area contributed by atoms with Gasteiger partial charge >= 0.3 is 12.1 Å². The third-order valence-electron chi connectivity index (χ3n) is 4.36. The summed E-state index contributed by atoms with van der Waals surface area (Å²) in [5.74, 6) is -0.789. The Bertz CT molecular complexity index is 1150. The first-order chi connectivity index (χ1) is 13.9. The van der Waals surface area contributed by atoms with E-state index in [1.165, 1.54) is 28.7 Å². The number of carbonyl (C=O) groups is 1. The van der Waals surface area contributed by atoms with Crippen LogP contribution < -0.4 is 10.9 Å². The van der Waals surface area contributed by atoms with E-state index in [0.717, 1.165) is 12.3 Å². The Morgan fingerprint density at radius 3 is 2.50 bits per heavy atom. The number of carboxylic acid groups (broad SMARTS) is 1. The zero-order valence-corrected chi connectivity index (χ0v) is 16.4. The highest BCUT2D eigenvalue weighted by Gasteiger charge is 2.32. The van der Waals surface area contributed by atoms with Crippen LogP contribution in [0.4, 0.5) is 24.7 Å². The fourth-order valence-electron chi connectivity index (χ4n) is 3.09. The normalized spacial score (nSPS) is 12.3. The number of alkyl halides is 3. The molecule has 0 aliphatic rings. The fourth-order valence-corrected chi connectivity index (χ4v) is 3.09. The summed E-state index contributed by atoms with van der Waals surface area (Å²) in [6.45, 7) is 3.59. The second-order valence-corrected chi connectivity index (χ2v) is 7.64. The van der Waals surface area contributed by atoms with E-state index in [4.69, 9.17) is 5.11 Å². The molecule has 160 valence electrons. The summed E-state index contributed by atoms with van der Waals surface area (Å²) in [6.07, 6.45) is -2.36. The summed E-state index contributed by atoms with van der Waals surface area (Å²) in [6, 6.07) is 2.03. The van der Waals surface area contributed by atoms with Gasteiger partial charge in [-0.25, -0.2) is 9.97 Å². The van der Waals surface area contributed by atoms with Crippen molar-refractivity contribution in [3.05, 3.63) is 40.7 Å². The Hall–Kier alpha value is -3.44. The number of hydrogen-bond donors (Lipinski definition) is 2. The molecule has 0 atom stereocenters. The van der Waals surface area contributed by atoms with Crippen molar-refractivity contribution in [2.24, 2.45) is 12.5 Å². The minimum atomic E-state index is -4.54. The molecule has 0 saturated carbocycles. The lowest BCUT2D eigenvalue weighted by Gasteiger charge is -2.23. The van der Waals surface area contributed by atoms with Gasteiger partial charge in [-0.05, 0) is 17.5 Å². The predicted octanol–water partition coefficient (Wildman–Crippen LogP) is 2.79. The SMILES string of the molecule is Cn1nc(Nc2ccc(C(F)(F)F)nc2)c2ncn(CC(C)(C)CC(=O)O)c(=O)c21. The van der Waals surface area contributed by atoms with E-state index in [0.29, 0.717) is 0 Å². The van der Waals surface area contributed by atoms with Gasteiger partial charge in [0, 0.05) is 13.6 Å². The highest BCUT2D eigenvalue weighted by atomic mass is 19.4. The van der Waals surface area contributed by atoms with Crippen LogP contribution in [0.2, 0.25) is 0 Å². The third kappa shape index (κ3) is 4.42. The number of aryl methyl sites for hydroxylation is 1. The van der Waals surface area contributed by atoms with Crippen molar-refractivity contribution in [1.29, 1.82) is 0 Å². The van der Waals surface area contributed by atoms with E-state index in [2.05, 4.69) is 20.4 Å². The van der Waals surface area contributed by atoms with Gasteiger partial charge in [0.05, 0.1) is 24.6 Å². The first-order valence-electron chi connectivity index (χ1n) is 8.81. The summed E-state index contributed by atoms with van der Waals surface area (Å²) in [5, 5.41) is 16.0. The highest BCUT2D eigenvalue weighted by molar-refractivity contribution is 5.87. The number of carboxylic acids is 1. The van der Waals surface area contributed by atoms with Crippen LogP contribution in [0.1, 0.15) is 26.0 Å². The number of aromatic nitrogens is 5. The standard InChI is InChI=1S/C18H19F3N6O3/c1-17(2,6-12(28)29)8-27-9-23-13-14(16(27)30)26(3)25-15(13)24-10-4-5-11(22-7-10)18(19,20)21/h4-5,7,9H,6,8H2,1-3H3,(H,24,25)(H,28,29). The molecule has 0 radical (unpaired) electrons. The number of nitrogens with one attached hydrogen (secondary N) is 1. The van der Waals surface area contributed by atoms with Gasteiger partial charge in [-0.2, -0.15) is 18.3 Å². The monoisotopic (exact) mass is 424 g/mol. The smallest absolute Gasteiger partial charge is 0.433 e. The van der Waals surface area contributed by atoms with E-state index < -0.39 is 28.8 Å². The molecule has 0 bridgehead atoms. The van der Waals surface area contributed by atoms with Gasteiger partial charge in [0.25, 0.3) is 5.56 Å². The van der Waals surface area contributed by atoms with Gasteiger partial charge in [0.2, 0.25) is 0 Å². The van der Waals surface area contributed by atoms with Crippen molar-refractivity contribution in [2.45, 2.75) is 33.0 Å². The lowest BCUT2D eigenvalue weighted by molar-refractivity contribution is -0.141. The fraction of sp³-hybridized carbons (Fsp3) is 0.389. The number of pyridine rings is 1. The van der Waals surface area contributed by atoms with Crippen LogP contribution in [0.5, 0.6) is 0 Å². The Kier molecular flexibility index (Phi) is 5.27. The second kappa shape index (κ2) is 7.43. The molecular formula is C18H19F3N6O3. The van der Waals surface area contributed by atoms with E-state index in [-0.39, 0.29) is 35.5 Å². The first kappa shape index (κ1) is 21.3. The van der Waals surface area contributed by atoms with Gasteiger partial charge in [-0.15, -0.1) is 0 Å². The van der Waals surface area contributed by atoms with Gasteiger partial charge in [0.15, 0.2) is 11.3 Å². The van der Waals surface area contributed by atoms with Crippen molar-refractivity contribution in [3.63, 3.8) is 0 Å². The molecule has 3 aromatic rings. The lowest BCUT2D eigenvalue weighted by atomic mass is 9.89. The molecule has 3 heterocycles. The van der Waals surface area contributed by atoms with Crippen LogP contribution in [0.3, 0.4) is 0 Å². The summed E-state index contributed by atoms with van der Waals surface area (Å²) < 4.78 is 40.6. The number of halogens is 3. The zero-order chi connectivity index (χ0) is 22.3. The molecule has 0 saturated heterocycles. The molecular weight excluding hydrogens is 405 g/mol. The summed E-state index contributed by atoms with van der Waals surface area (Å²) in [5.41, 5.74) is -1.47. The van der Waals surface area contributed by atoms with Crippen LogP contribution in [0.15, 0.2) is 29.5 Å². The molecule has 3 rings (SSSR count). The number of aliphatic carboxylic acids is 1. The number of anilines is 2. The van der Waals surface area contributed by atoms with Crippen molar-refractivity contribution in [2.75, 3.05) is 5.32 Å². The molecule has 9 nitrogen and oxygen atoms in total. The average Bonchev–Trinajstić information content (AvgIpc) is 2.92. The van der Waals surface area contributed by atoms with Crippen molar-refractivity contribution >= 4 is 28.5 Å². The average molecular weight is 424 g/mol. The molecule has 0 fully saturated rings. The quantitative estimate of drug-likeness (QED) is 0.625. The highest BCUT2D eigenvalue weighted by Crippen LogP contribution is 2.29. The maximum atomic E-state index is 12.9. The predicted molar refractivity (Wildman–Crippen MR) is 101 cm³/mol. The molecule has 12 heteroatoms. The van der Waals surface area contributed by atoms with Gasteiger partial charge < -0.3 is 10.4 Å². The van der Waals surface area contributed by atoms with E-state index >= 15 is 0 Å². The number of nitrogens with zero attached hydrogens (tertiary/aromatic N) is 5. The molecule has 0 aliphatic carbocycles. The van der Waals surface area contributed by atoms with Crippen LogP contribution in [0, 0.1) is 5.41 Å². The maximum absolute atomic E-state index is 12.9. The topological polar surface area (TPSA) is 115 Å². The largest absolute Gasteiger partial charge is 0.481 e. The molecule has 3 aromatic heterocycles. The van der Waals surface area contributed by atoms with E-state index in [9.17, 15) is 22.8 Å². The number of hydrogen-bond acceptors (Lipinski definition) is 6. The van der Waals surface area contributed by atoms with Crippen LogP contribution >= 0.6 is 0 Å². The first-order valence-corrected chi connectivity index (χ1v) is 8.81. The van der Waals surface area contributed by atoms with Crippen molar-refractivity contribution < 1.29 is 23.1 Å². The molecule has 30 heavy (non-hydrogen) atoms. The van der Waals surface area contributed by atoms with Gasteiger partial charge in [-0.1, -0.05) is 13.8 Å². The Morgan fingerprint density at radius 2 is 1.93 bits per heavy atom. The summed E-state index contributed by atoms with van der Waals surface area (Å²) >= 11 is 0. The Morgan fingerprint density at radius 1 is 1.23 bits per heavy atom. The molecule has 0 spiro atoms. The third-order valence-corrected chi connectivity index (χ3v) is 4.36. The Balaban J connectivity index is 1.93. The number of fused-ring (bicyclic) bond motifs is 1. The van der Waals surface area contributed by atoms with Crippen LogP contribution in [-0.2, 0) is 24.6 Å². The molecule has 0 amide bonds.